The van der Waals surface area contributed by atoms with E-state index in [9.17, 15) is 23.5 Å². The molecule has 4 rings (SSSR count). The predicted octanol–water partition coefficient (Wildman–Crippen LogP) is 3.07. The van der Waals surface area contributed by atoms with Crippen molar-refractivity contribution in [2.75, 3.05) is 6.61 Å². The summed E-state index contributed by atoms with van der Waals surface area (Å²) in [5, 5.41) is 9.64. The van der Waals surface area contributed by atoms with Crippen LogP contribution in [0.1, 0.15) is 12.0 Å². The summed E-state index contributed by atoms with van der Waals surface area (Å²) < 4.78 is 79.0. The lowest BCUT2D eigenvalue weighted by Gasteiger charge is -2.35. The molecule has 1 saturated heterocycles. The summed E-state index contributed by atoms with van der Waals surface area (Å²) >= 11 is 10.8. The molecule has 0 aliphatic carbocycles. The van der Waals surface area contributed by atoms with Crippen molar-refractivity contribution in [1.29, 1.82) is 0 Å². The zero-order valence-electron chi connectivity index (χ0n) is 16.3. The molecule has 1 unspecified atom stereocenters. The normalized spacial score (nSPS) is 33.7. The quantitative estimate of drug-likeness (QED) is 0.352. The van der Waals surface area contributed by atoms with E-state index < -0.39 is 66.7 Å². The minimum atomic E-state index is -4.62. The van der Waals surface area contributed by atoms with Gasteiger partial charge >= 0.3 is 12.6 Å². The van der Waals surface area contributed by atoms with Crippen LogP contribution in [-0.2, 0) is 41.8 Å². The van der Waals surface area contributed by atoms with E-state index in [1.165, 1.54) is 6.07 Å². The SMILES string of the molecule is O=C1CC(=O)N([C@@H]2O[C@@](COP3(=S)OCc4ccccc4O3)(C(F)F)C(F)(F)[C@H]2O)C=C1Cl. The van der Waals surface area contributed by atoms with Gasteiger partial charge < -0.3 is 14.4 Å². The Morgan fingerprint density at radius 3 is 2.73 bits per heavy atom. The van der Waals surface area contributed by atoms with Crippen molar-refractivity contribution < 1.29 is 50.6 Å². The molecule has 3 aliphatic heterocycles. The molecule has 15 heteroatoms. The second-order valence-corrected chi connectivity index (χ2v) is 10.7. The van der Waals surface area contributed by atoms with Crippen LogP contribution >= 0.6 is 18.3 Å². The molecule has 0 radical (unpaired) electrons. The molecule has 1 N–H and O–H groups in total. The Hall–Kier alpha value is -1.60. The molecule has 1 aromatic carbocycles. The van der Waals surface area contributed by atoms with Crippen LogP contribution in [0.15, 0.2) is 35.5 Å². The first-order valence-electron chi connectivity index (χ1n) is 9.30. The van der Waals surface area contributed by atoms with E-state index in [-0.39, 0.29) is 12.4 Å². The number of nitrogens with zero attached hydrogens (tertiary/aromatic N) is 1. The fourth-order valence-electron chi connectivity index (χ4n) is 3.43. The zero-order valence-corrected chi connectivity index (χ0v) is 18.8. The smallest absolute Gasteiger partial charge is 0.381 e. The molecule has 1 fully saturated rings. The molecular formula is C18H15ClF4NO7PS. The summed E-state index contributed by atoms with van der Waals surface area (Å²) in [7, 11) is 0. The second-order valence-electron chi connectivity index (χ2n) is 7.34. The van der Waals surface area contributed by atoms with Gasteiger partial charge in [-0.05, 0) is 6.07 Å². The summed E-state index contributed by atoms with van der Waals surface area (Å²) in [4.78, 5) is 24.1. The van der Waals surface area contributed by atoms with Crippen LogP contribution in [0.4, 0.5) is 17.6 Å². The number of benzene rings is 1. The average Bonchev–Trinajstić information content (AvgIpc) is 2.96. The topological polar surface area (TPSA) is 94.5 Å². The molecule has 3 heterocycles. The van der Waals surface area contributed by atoms with Gasteiger partial charge in [0.1, 0.15) is 10.8 Å². The number of carbonyl (C=O) groups excluding carboxylic acids is 2. The van der Waals surface area contributed by atoms with E-state index in [0.717, 1.165) is 0 Å². The number of hydrogen-bond donors (Lipinski definition) is 1. The highest BCUT2D eigenvalue weighted by molar-refractivity contribution is 8.07. The molecule has 0 spiro atoms. The number of Topliss-reactive ketones (excluding diaryl/α,β-unsaturated/α-hetero) is 1. The molecule has 4 atom stereocenters. The number of ketones is 1. The standard InChI is InChI=1S/C18H15ClF4NO7PS/c19-10-6-24(13(26)5-11(10)25)15-14(27)18(22,23)17(30-15,16(20)21)8-29-32(33)28-7-9-3-1-2-4-12(9)31-32/h1-4,6,14-16,27H,5,7-8H2/t14-,15+,17-,32?/m0/s1. The molecule has 180 valence electrons. The maximum absolute atomic E-state index is 15.0. The Balaban J connectivity index is 1.60. The second kappa shape index (κ2) is 8.56. The Labute approximate surface area is 194 Å². The van der Waals surface area contributed by atoms with Gasteiger partial charge in [-0.2, -0.15) is 8.78 Å². The van der Waals surface area contributed by atoms with Crippen molar-refractivity contribution in [2.24, 2.45) is 0 Å². The number of para-hydroxylation sites is 1. The van der Waals surface area contributed by atoms with E-state index >= 15 is 8.78 Å². The maximum Gasteiger partial charge on any atom is 0.381 e. The first-order valence-corrected chi connectivity index (χ1v) is 12.2. The average molecular weight is 532 g/mol. The maximum atomic E-state index is 15.0. The van der Waals surface area contributed by atoms with Crippen LogP contribution in [0.3, 0.4) is 0 Å². The van der Waals surface area contributed by atoms with Crippen LogP contribution in [-0.4, -0.2) is 58.6 Å². The largest absolute Gasteiger partial charge is 0.424 e. The number of alkyl halides is 4. The third-order valence-corrected chi connectivity index (χ3v) is 7.76. The number of rotatable bonds is 5. The Kier molecular flexibility index (Phi) is 6.36. The first-order chi connectivity index (χ1) is 15.4. The summed E-state index contributed by atoms with van der Waals surface area (Å²) in [5.74, 6) is -6.24. The molecular weight excluding hydrogens is 517 g/mol. The number of halogens is 5. The fourth-order valence-corrected chi connectivity index (χ4v) is 5.40. The van der Waals surface area contributed by atoms with Gasteiger partial charge in [0.25, 0.3) is 6.43 Å². The van der Waals surface area contributed by atoms with E-state index in [1.54, 1.807) is 18.2 Å². The van der Waals surface area contributed by atoms with Crippen LogP contribution in [0.2, 0.25) is 0 Å². The number of fused-ring (bicyclic) bond motifs is 1. The van der Waals surface area contributed by atoms with Crippen LogP contribution in [0.5, 0.6) is 5.75 Å². The summed E-state index contributed by atoms with van der Waals surface area (Å²) in [6.45, 7) is -5.42. The molecule has 1 amide bonds. The van der Waals surface area contributed by atoms with E-state index in [4.69, 9.17) is 41.7 Å². The highest BCUT2D eigenvalue weighted by atomic mass is 35.5. The molecule has 3 aliphatic rings. The third kappa shape index (κ3) is 4.09. The fraction of sp³-hybridized carbons (Fsp3) is 0.444. The van der Waals surface area contributed by atoms with Gasteiger partial charge in [0.05, 0.1) is 19.6 Å². The number of aliphatic hydroxyl groups excluding tert-OH is 1. The van der Waals surface area contributed by atoms with E-state index in [1.807, 2.05) is 0 Å². The Morgan fingerprint density at radius 2 is 2.03 bits per heavy atom. The van der Waals surface area contributed by atoms with Gasteiger partial charge in [-0.25, -0.2) is 8.78 Å². The van der Waals surface area contributed by atoms with Gasteiger partial charge in [-0.15, -0.1) is 0 Å². The minimum Gasteiger partial charge on any atom is -0.424 e. The van der Waals surface area contributed by atoms with Gasteiger partial charge in [0, 0.05) is 23.6 Å². The van der Waals surface area contributed by atoms with Gasteiger partial charge in [0.2, 0.25) is 11.5 Å². The molecule has 0 saturated carbocycles. The van der Waals surface area contributed by atoms with Crippen LogP contribution in [0, 0.1) is 0 Å². The van der Waals surface area contributed by atoms with Crippen molar-refractivity contribution in [2.45, 2.75) is 43.3 Å². The lowest BCUT2D eigenvalue weighted by molar-refractivity contribution is -0.243. The van der Waals surface area contributed by atoms with Gasteiger partial charge in [-0.1, -0.05) is 29.8 Å². The highest BCUT2D eigenvalue weighted by Crippen LogP contribution is 2.57. The molecule has 8 nitrogen and oxygen atoms in total. The molecule has 0 aromatic heterocycles. The van der Waals surface area contributed by atoms with Crippen molar-refractivity contribution in [1.82, 2.24) is 4.90 Å². The van der Waals surface area contributed by atoms with Crippen molar-refractivity contribution in [3.8, 4) is 5.75 Å². The first kappa shape index (κ1) is 24.5. The van der Waals surface area contributed by atoms with E-state index in [0.29, 0.717) is 16.7 Å². The lowest BCUT2D eigenvalue weighted by Crippen LogP contribution is -2.57. The third-order valence-electron chi connectivity index (χ3n) is 5.28. The summed E-state index contributed by atoms with van der Waals surface area (Å²) in [5.41, 5.74) is -3.13. The Morgan fingerprint density at radius 1 is 1.33 bits per heavy atom. The molecule has 0 bridgehead atoms. The number of hydrogen-bond acceptors (Lipinski definition) is 8. The predicted molar refractivity (Wildman–Crippen MR) is 107 cm³/mol. The lowest BCUT2D eigenvalue weighted by atomic mass is 9.95. The van der Waals surface area contributed by atoms with E-state index in [2.05, 4.69) is 0 Å². The van der Waals surface area contributed by atoms with Gasteiger partial charge in [-0.3, -0.25) is 23.5 Å². The number of ether oxygens (including phenoxy) is 1. The van der Waals surface area contributed by atoms with Crippen LogP contribution < -0.4 is 4.52 Å². The Bertz CT molecular complexity index is 1080. The number of aliphatic hydroxyl groups is 1. The van der Waals surface area contributed by atoms with Crippen molar-refractivity contribution in [3.63, 3.8) is 0 Å². The van der Waals surface area contributed by atoms with Crippen LogP contribution in [0.25, 0.3) is 0 Å². The number of allylic oxidation sites excluding steroid dienone is 1. The highest BCUT2D eigenvalue weighted by Gasteiger charge is 2.74. The number of amides is 1. The zero-order chi connectivity index (χ0) is 24.2. The van der Waals surface area contributed by atoms with Crippen molar-refractivity contribution in [3.05, 3.63) is 41.1 Å². The molecule has 33 heavy (non-hydrogen) atoms. The number of carbonyl (C=O) groups is 2. The molecule has 1 aromatic rings. The van der Waals surface area contributed by atoms with Crippen molar-refractivity contribution >= 4 is 41.8 Å². The van der Waals surface area contributed by atoms with Gasteiger partial charge in [0.15, 0.2) is 18.1 Å². The summed E-state index contributed by atoms with van der Waals surface area (Å²) in [6, 6.07) is 6.48. The summed E-state index contributed by atoms with van der Waals surface area (Å²) in [6.07, 6.45) is -9.24. The monoisotopic (exact) mass is 531 g/mol. The minimum absolute atomic E-state index is 0.1000.